The molecule has 0 unspecified atom stereocenters. The molecule has 1 aromatic carbocycles. The van der Waals surface area contributed by atoms with E-state index in [9.17, 15) is 0 Å². The predicted molar refractivity (Wildman–Crippen MR) is 78.3 cm³/mol. The lowest BCUT2D eigenvalue weighted by atomic mass is 10.2. The number of nitrogens with zero attached hydrogens (tertiary/aromatic N) is 4. The predicted octanol–water partition coefficient (Wildman–Crippen LogP) is 2.12. The third kappa shape index (κ3) is 3.26. The number of hydrogen-bond acceptors (Lipinski definition) is 5. The molecule has 0 saturated carbocycles. The molecule has 0 bridgehead atoms. The molecule has 2 aromatic rings. The summed E-state index contributed by atoms with van der Waals surface area (Å²) in [6, 6.07) is 7.73. The Morgan fingerprint density at radius 1 is 1.30 bits per heavy atom. The summed E-state index contributed by atoms with van der Waals surface area (Å²) in [7, 11) is 1.85. The van der Waals surface area contributed by atoms with Gasteiger partial charge in [0.25, 0.3) is 0 Å². The highest BCUT2D eigenvalue weighted by atomic mass is 15.3. The number of benzene rings is 1. The molecule has 104 valence electrons. The Kier molecular flexibility index (Phi) is 4.56. The number of nitrogens with one attached hydrogen (secondary N) is 2. The van der Waals surface area contributed by atoms with Gasteiger partial charge in [0.15, 0.2) is 0 Å². The first kappa shape index (κ1) is 13.9. The molecule has 0 spiro atoms. The molecule has 0 aliphatic heterocycles. The Morgan fingerprint density at radius 2 is 2.15 bits per heavy atom. The minimum Gasteiger partial charge on any atom is -0.383 e. The maximum Gasteiger partial charge on any atom is 0.145 e. The van der Waals surface area contributed by atoms with E-state index in [1.54, 1.807) is 4.68 Å². The van der Waals surface area contributed by atoms with Gasteiger partial charge < -0.3 is 10.6 Å². The normalized spacial score (nSPS) is 10.1. The monoisotopic (exact) mass is 270 g/mol. The fourth-order valence-corrected chi connectivity index (χ4v) is 1.83. The van der Waals surface area contributed by atoms with Crippen LogP contribution in [-0.4, -0.2) is 21.3 Å². The highest BCUT2D eigenvalue weighted by Gasteiger charge is 2.05. The number of aryl methyl sites for hydroxylation is 1. The summed E-state index contributed by atoms with van der Waals surface area (Å²) < 4.78 is 1.72. The zero-order valence-corrected chi connectivity index (χ0v) is 11.7. The lowest BCUT2D eigenvalue weighted by molar-refractivity contribution is 0.712. The van der Waals surface area contributed by atoms with Gasteiger partial charge in [-0.05, 0) is 24.6 Å². The Bertz CT molecular complexity index is 610. The zero-order chi connectivity index (χ0) is 14.4. The minimum absolute atomic E-state index is 0.562. The van der Waals surface area contributed by atoms with Gasteiger partial charge in [-0.25, -0.2) is 4.98 Å². The summed E-state index contributed by atoms with van der Waals surface area (Å²) in [4.78, 5) is 4.17. The van der Waals surface area contributed by atoms with E-state index in [1.165, 1.54) is 6.33 Å². The van der Waals surface area contributed by atoms with E-state index in [-0.39, 0.29) is 0 Å². The average molecular weight is 270 g/mol. The van der Waals surface area contributed by atoms with Crippen LogP contribution >= 0.6 is 0 Å². The lowest BCUT2D eigenvalue weighted by Crippen LogP contribution is -2.09. The van der Waals surface area contributed by atoms with Crippen molar-refractivity contribution in [2.45, 2.75) is 19.9 Å². The fourth-order valence-electron chi connectivity index (χ4n) is 1.83. The summed E-state index contributed by atoms with van der Waals surface area (Å²) in [5.41, 5.74) is 2.53. The molecule has 0 aliphatic carbocycles. The average Bonchev–Trinajstić information content (AvgIpc) is 2.88. The fraction of sp³-hybridized carbons (Fsp3) is 0.357. The number of hydrogen-bond donors (Lipinski definition) is 2. The van der Waals surface area contributed by atoms with Gasteiger partial charge >= 0.3 is 0 Å². The maximum absolute atomic E-state index is 9.00. The number of rotatable bonds is 6. The highest BCUT2D eigenvalue weighted by molar-refractivity contribution is 5.70. The molecular weight excluding hydrogens is 252 g/mol. The summed E-state index contributed by atoms with van der Waals surface area (Å²) >= 11 is 0. The van der Waals surface area contributed by atoms with Crippen LogP contribution in [0.25, 0.3) is 0 Å². The van der Waals surface area contributed by atoms with Crippen molar-refractivity contribution in [1.82, 2.24) is 14.8 Å². The third-order valence-corrected chi connectivity index (χ3v) is 2.96. The van der Waals surface area contributed by atoms with Crippen LogP contribution in [0.4, 0.5) is 11.4 Å². The van der Waals surface area contributed by atoms with Crippen molar-refractivity contribution in [2.75, 3.05) is 17.2 Å². The van der Waals surface area contributed by atoms with Crippen molar-refractivity contribution in [2.24, 2.45) is 7.05 Å². The summed E-state index contributed by atoms with van der Waals surface area (Å²) in [6.45, 7) is 3.57. The van der Waals surface area contributed by atoms with Crippen LogP contribution in [0.15, 0.2) is 24.5 Å². The summed E-state index contributed by atoms with van der Waals surface area (Å²) in [5.74, 6) is 0.841. The van der Waals surface area contributed by atoms with Crippen molar-refractivity contribution < 1.29 is 0 Å². The van der Waals surface area contributed by atoms with Gasteiger partial charge in [-0.2, -0.15) is 10.4 Å². The Balaban J connectivity index is 2.15. The van der Waals surface area contributed by atoms with E-state index in [0.717, 1.165) is 30.2 Å². The summed E-state index contributed by atoms with van der Waals surface area (Å²) in [5, 5.41) is 19.7. The van der Waals surface area contributed by atoms with Crippen LogP contribution in [0.3, 0.4) is 0 Å². The number of aromatic nitrogens is 3. The van der Waals surface area contributed by atoms with Gasteiger partial charge in [-0.3, -0.25) is 4.68 Å². The molecule has 6 nitrogen and oxygen atoms in total. The zero-order valence-electron chi connectivity index (χ0n) is 11.7. The molecule has 0 saturated heterocycles. The van der Waals surface area contributed by atoms with E-state index in [4.69, 9.17) is 5.26 Å². The van der Waals surface area contributed by atoms with Crippen molar-refractivity contribution in [3.8, 4) is 6.07 Å². The van der Waals surface area contributed by atoms with E-state index in [1.807, 2.05) is 25.2 Å². The first-order valence-corrected chi connectivity index (χ1v) is 6.59. The SMILES string of the molecule is CCCNc1ccc(C#N)cc1NCc1ncnn1C. The maximum atomic E-state index is 9.00. The molecule has 1 aromatic heterocycles. The van der Waals surface area contributed by atoms with Crippen LogP contribution in [0.5, 0.6) is 0 Å². The minimum atomic E-state index is 0.562. The largest absolute Gasteiger partial charge is 0.383 e. The van der Waals surface area contributed by atoms with Gasteiger partial charge in [-0.15, -0.1) is 0 Å². The first-order chi connectivity index (χ1) is 9.74. The van der Waals surface area contributed by atoms with Crippen LogP contribution in [0.2, 0.25) is 0 Å². The Hall–Kier alpha value is -2.55. The molecule has 1 heterocycles. The Labute approximate surface area is 118 Å². The van der Waals surface area contributed by atoms with Crippen molar-refractivity contribution in [1.29, 1.82) is 5.26 Å². The Morgan fingerprint density at radius 3 is 2.80 bits per heavy atom. The second-order valence-electron chi connectivity index (χ2n) is 4.45. The van der Waals surface area contributed by atoms with Crippen LogP contribution in [-0.2, 0) is 13.6 Å². The standard InChI is InChI=1S/C14H18N6/c1-3-6-16-12-5-4-11(8-15)7-13(12)17-9-14-18-10-19-20(14)2/h4-5,7,10,16-17H,3,6,9H2,1-2H3. The molecule has 0 aliphatic rings. The van der Waals surface area contributed by atoms with Crippen molar-refractivity contribution >= 4 is 11.4 Å². The van der Waals surface area contributed by atoms with E-state index >= 15 is 0 Å². The molecule has 2 N–H and O–H groups in total. The van der Waals surface area contributed by atoms with Crippen LogP contribution < -0.4 is 10.6 Å². The van der Waals surface area contributed by atoms with Crippen molar-refractivity contribution in [3.63, 3.8) is 0 Å². The summed E-state index contributed by atoms with van der Waals surface area (Å²) in [6.07, 6.45) is 2.57. The van der Waals surface area contributed by atoms with Gasteiger partial charge in [0.05, 0.1) is 29.6 Å². The van der Waals surface area contributed by atoms with Gasteiger partial charge in [0, 0.05) is 13.6 Å². The molecule has 0 amide bonds. The van der Waals surface area contributed by atoms with Gasteiger partial charge in [0.1, 0.15) is 12.2 Å². The smallest absolute Gasteiger partial charge is 0.145 e. The highest BCUT2D eigenvalue weighted by Crippen LogP contribution is 2.23. The molecule has 0 atom stereocenters. The van der Waals surface area contributed by atoms with Crippen molar-refractivity contribution in [3.05, 3.63) is 35.9 Å². The molecule has 20 heavy (non-hydrogen) atoms. The molecule has 0 fully saturated rings. The second-order valence-corrected chi connectivity index (χ2v) is 4.45. The quantitative estimate of drug-likeness (QED) is 0.840. The van der Waals surface area contributed by atoms with Gasteiger partial charge in [0.2, 0.25) is 0 Å². The van der Waals surface area contributed by atoms with E-state index in [0.29, 0.717) is 12.1 Å². The molecular formula is C14H18N6. The first-order valence-electron chi connectivity index (χ1n) is 6.59. The van der Waals surface area contributed by atoms with Crippen LogP contribution in [0, 0.1) is 11.3 Å². The molecule has 0 radical (unpaired) electrons. The lowest BCUT2D eigenvalue weighted by Gasteiger charge is -2.13. The molecule has 2 rings (SSSR count). The van der Waals surface area contributed by atoms with E-state index in [2.05, 4.69) is 33.7 Å². The number of nitriles is 1. The topological polar surface area (TPSA) is 78.6 Å². The number of anilines is 2. The molecule has 6 heteroatoms. The van der Waals surface area contributed by atoms with Gasteiger partial charge in [-0.1, -0.05) is 6.92 Å². The van der Waals surface area contributed by atoms with Crippen LogP contribution in [0.1, 0.15) is 24.7 Å². The third-order valence-electron chi connectivity index (χ3n) is 2.96. The van der Waals surface area contributed by atoms with E-state index < -0.39 is 0 Å². The second kappa shape index (κ2) is 6.57.